The minimum Gasteiger partial charge on any atom is -0.360 e. The van der Waals surface area contributed by atoms with E-state index in [1.165, 1.54) is 14.9 Å². The van der Waals surface area contributed by atoms with E-state index in [-0.39, 0.29) is 22.0 Å². The van der Waals surface area contributed by atoms with Gasteiger partial charge in [-0.15, -0.1) is 0 Å². The molecule has 3 heterocycles. The SMILES string of the molecule is O=C(CSc1nc2ccccc2c(=O)n1-c1cccc(S(=O)(=O)N2CCCC2)c1)c1c[nH]c2ccccc12. The Morgan fingerprint density at radius 2 is 1.68 bits per heavy atom. The highest BCUT2D eigenvalue weighted by Crippen LogP contribution is 2.27. The molecule has 1 N–H and O–H groups in total. The summed E-state index contributed by atoms with van der Waals surface area (Å²) in [6, 6.07) is 21.0. The molecule has 3 aromatic carbocycles. The van der Waals surface area contributed by atoms with Crippen LogP contribution < -0.4 is 5.56 Å². The zero-order chi connectivity index (χ0) is 26.3. The van der Waals surface area contributed by atoms with E-state index >= 15 is 0 Å². The van der Waals surface area contributed by atoms with Gasteiger partial charge in [0.2, 0.25) is 10.0 Å². The summed E-state index contributed by atoms with van der Waals surface area (Å²) in [6.45, 7) is 0.974. The molecule has 6 rings (SSSR count). The molecule has 8 nitrogen and oxygen atoms in total. The summed E-state index contributed by atoms with van der Waals surface area (Å²) in [5.74, 6) is -0.0509. The number of nitrogens with one attached hydrogen (secondary N) is 1. The topological polar surface area (TPSA) is 105 Å². The van der Waals surface area contributed by atoms with Crippen LogP contribution in [0.15, 0.2) is 93.8 Å². The second-order valence-corrected chi connectivity index (χ2v) is 12.0. The van der Waals surface area contributed by atoms with Crippen LogP contribution in [0.3, 0.4) is 0 Å². The predicted molar refractivity (Wildman–Crippen MR) is 149 cm³/mol. The van der Waals surface area contributed by atoms with Crippen molar-refractivity contribution in [3.05, 3.63) is 94.9 Å². The van der Waals surface area contributed by atoms with Crippen LogP contribution in [0.1, 0.15) is 23.2 Å². The van der Waals surface area contributed by atoms with Crippen molar-refractivity contribution in [3.63, 3.8) is 0 Å². The standard InChI is InChI=1S/C28H24N4O4S2/c33-26(23-17-29-24-12-3-1-10-21(23)24)18-37-28-30-25-13-4-2-11-22(25)27(34)32(28)19-8-7-9-20(16-19)38(35,36)31-14-5-6-15-31/h1-4,7-13,16-17,29H,5-6,14-15,18H2. The molecule has 1 saturated heterocycles. The molecule has 0 bridgehead atoms. The highest BCUT2D eigenvalue weighted by atomic mass is 32.2. The number of thioether (sulfide) groups is 1. The number of carbonyl (C=O) groups excluding carboxylic acids is 1. The molecule has 5 aromatic rings. The maximum absolute atomic E-state index is 13.7. The van der Waals surface area contributed by atoms with Crippen molar-refractivity contribution < 1.29 is 13.2 Å². The van der Waals surface area contributed by atoms with Gasteiger partial charge in [0, 0.05) is 35.8 Å². The quantitative estimate of drug-likeness (QED) is 0.182. The molecule has 1 aliphatic heterocycles. The van der Waals surface area contributed by atoms with Gasteiger partial charge in [-0.1, -0.05) is 48.2 Å². The van der Waals surface area contributed by atoms with Crippen LogP contribution in [0.2, 0.25) is 0 Å². The van der Waals surface area contributed by atoms with Gasteiger partial charge in [0.05, 0.1) is 27.2 Å². The summed E-state index contributed by atoms with van der Waals surface area (Å²) in [6.07, 6.45) is 3.36. The van der Waals surface area contributed by atoms with Gasteiger partial charge in [-0.25, -0.2) is 13.4 Å². The molecule has 0 spiro atoms. The fraction of sp³-hybridized carbons (Fsp3) is 0.179. The number of hydrogen-bond acceptors (Lipinski definition) is 6. The van der Waals surface area contributed by atoms with Gasteiger partial charge in [0.15, 0.2) is 10.9 Å². The number of benzene rings is 3. The number of sulfonamides is 1. The first-order chi connectivity index (χ1) is 18.4. The minimum absolute atomic E-state index is 0.0540. The second-order valence-electron chi connectivity index (χ2n) is 9.12. The number of carbonyl (C=O) groups is 1. The lowest BCUT2D eigenvalue weighted by molar-refractivity contribution is 0.102. The number of fused-ring (bicyclic) bond motifs is 2. The van der Waals surface area contributed by atoms with Gasteiger partial charge in [0.25, 0.3) is 5.56 Å². The summed E-state index contributed by atoms with van der Waals surface area (Å²) in [7, 11) is -3.68. The molecule has 0 unspecified atom stereocenters. The van der Waals surface area contributed by atoms with Crippen LogP contribution >= 0.6 is 11.8 Å². The Morgan fingerprint density at radius 3 is 2.50 bits per heavy atom. The van der Waals surface area contributed by atoms with Gasteiger partial charge in [-0.2, -0.15) is 4.31 Å². The second kappa shape index (κ2) is 9.86. The van der Waals surface area contributed by atoms with E-state index in [9.17, 15) is 18.0 Å². The highest BCUT2D eigenvalue weighted by molar-refractivity contribution is 7.99. The monoisotopic (exact) mass is 544 g/mol. The first kappa shape index (κ1) is 24.6. The smallest absolute Gasteiger partial charge is 0.266 e. The summed E-state index contributed by atoms with van der Waals surface area (Å²) in [5, 5.41) is 1.56. The summed E-state index contributed by atoms with van der Waals surface area (Å²) < 4.78 is 29.3. The minimum atomic E-state index is -3.68. The molecule has 1 aliphatic rings. The van der Waals surface area contributed by atoms with Crippen molar-refractivity contribution in [1.82, 2.24) is 18.8 Å². The number of hydrogen-bond donors (Lipinski definition) is 1. The fourth-order valence-corrected chi connectivity index (χ4v) is 7.26. The van der Waals surface area contributed by atoms with E-state index < -0.39 is 10.0 Å². The number of rotatable bonds is 7. The number of Topliss-reactive ketones (excluding diaryl/α,β-unsaturated/α-hetero) is 1. The first-order valence-electron chi connectivity index (χ1n) is 12.3. The molecule has 1 fully saturated rings. The number of ketones is 1. The Kier molecular flexibility index (Phi) is 6.38. The van der Waals surface area contributed by atoms with Crippen molar-refractivity contribution in [1.29, 1.82) is 0 Å². The number of para-hydroxylation sites is 2. The van der Waals surface area contributed by atoms with Crippen molar-refractivity contribution in [3.8, 4) is 5.69 Å². The summed E-state index contributed by atoms with van der Waals surface area (Å²) in [5.41, 5.74) is 2.01. The predicted octanol–water partition coefficient (Wildman–Crippen LogP) is 4.63. The Bertz CT molecular complexity index is 1850. The molecule has 10 heteroatoms. The lowest BCUT2D eigenvalue weighted by Crippen LogP contribution is -2.28. The van der Waals surface area contributed by atoms with Crippen molar-refractivity contribution in [2.75, 3.05) is 18.8 Å². The van der Waals surface area contributed by atoms with Crippen molar-refractivity contribution in [2.24, 2.45) is 0 Å². The van der Waals surface area contributed by atoms with Crippen LogP contribution in [0.5, 0.6) is 0 Å². The van der Waals surface area contributed by atoms with E-state index in [0.29, 0.717) is 40.4 Å². The van der Waals surface area contributed by atoms with Crippen LogP contribution in [-0.4, -0.2) is 51.9 Å². The van der Waals surface area contributed by atoms with Gasteiger partial charge < -0.3 is 4.98 Å². The summed E-state index contributed by atoms with van der Waals surface area (Å²) in [4.78, 5) is 34.8. The molecular formula is C28H24N4O4S2. The number of nitrogens with zero attached hydrogens (tertiary/aromatic N) is 3. The van der Waals surface area contributed by atoms with Crippen LogP contribution in [0.4, 0.5) is 0 Å². The number of aromatic nitrogens is 3. The largest absolute Gasteiger partial charge is 0.360 e. The molecule has 0 saturated carbocycles. The highest BCUT2D eigenvalue weighted by Gasteiger charge is 2.28. The van der Waals surface area contributed by atoms with E-state index in [4.69, 9.17) is 4.98 Å². The van der Waals surface area contributed by atoms with Gasteiger partial charge >= 0.3 is 0 Å². The average molecular weight is 545 g/mol. The van der Waals surface area contributed by atoms with E-state index in [1.807, 2.05) is 24.3 Å². The Hall–Kier alpha value is -3.73. The van der Waals surface area contributed by atoms with E-state index in [0.717, 1.165) is 35.5 Å². The number of aromatic amines is 1. The first-order valence-corrected chi connectivity index (χ1v) is 14.7. The van der Waals surface area contributed by atoms with Gasteiger partial charge in [-0.05, 0) is 49.2 Å². The Morgan fingerprint density at radius 1 is 0.947 bits per heavy atom. The average Bonchev–Trinajstić information content (AvgIpc) is 3.63. The molecule has 0 atom stereocenters. The fourth-order valence-electron chi connectivity index (χ4n) is 4.81. The van der Waals surface area contributed by atoms with Gasteiger partial charge in [-0.3, -0.25) is 14.2 Å². The Labute approximate surface area is 223 Å². The Balaban J connectivity index is 1.41. The molecule has 192 valence electrons. The van der Waals surface area contributed by atoms with Crippen LogP contribution in [0, 0.1) is 0 Å². The third-order valence-electron chi connectivity index (χ3n) is 6.75. The summed E-state index contributed by atoms with van der Waals surface area (Å²) >= 11 is 1.15. The van der Waals surface area contributed by atoms with Crippen LogP contribution in [0.25, 0.3) is 27.5 Å². The molecule has 0 radical (unpaired) electrons. The van der Waals surface area contributed by atoms with Gasteiger partial charge in [0.1, 0.15) is 0 Å². The molecular weight excluding hydrogens is 520 g/mol. The maximum atomic E-state index is 13.7. The zero-order valence-corrected chi connectivity index (χ0v) is 22.0. The van der Waals surface area contributed by atoms with Crippen LogP contribution in [-0.2, 0) is 10.0 Å². The third-order valence-corrected chi connectivity index (χ3v) is 9.58. The third kappa shape index (κ3) is 4.34. The van der Waals surface area contributed by atoms with E-state index in [1.54, 1.807) is 48.7 Å². The van der Waals surface area contributed by atoms with E-state index in [2.05, 4.69) is 4.98 Å². The van der Waals surface area contributed by atoms with Crippen molar-refractivity contribution in [2.45, 2.75) is 22.9 Å². The maximum Gasteiger partial charge on any atom is 0.266 e. The molecule has 2 aromatic heterocycles. The lowest BCUT2D eigenvalue weighted by Gasteiger charge is -2.17. The zero-order valence-electron chi connectivity index (χ0n) is 20.3. The molecule has 0 aliphatic carbocycles. The molecule has 0 amide bonds. The number of H-pyrrole nitrogens is 1. The molecule has 38 heavy (non-hydrogen) atoms. The normalized spacial score (nSPS) is 14.4. The lowest BCUT2D eigenvalue weighted by atomic mass is 10.1. The van der Waals surface area contributed by atoms with Crippen molar-refractivity contribution >= 4 is 49.4 Å².